The van der Waals surface area contributed by atoms with Gasteiger partial charge in [0, 0.05) is 13.1 Å². The lowest BCUT2D eigenvalue weighted by atomic mass is 10.1. The molecule has 7 heteroatoms. The Kier molecular flexibility index (Phi) is 6.14. The highest BCUT2D eigenvalue weighted by Gasteiger charge is 2.38. The van der Waals surface area contributed by atoms with Gasteiger partial charge in [0.15, 0.2) is 0 Å². The molecule has 1 atom stereocenters. The number of ether oxygens (including phenoxy) is 1. The number of nitrogens with zero attached hydrogens (tertiary/aromatic N) is 1. The van der Waals surface area contributed by atoms with E-state index in [0.29, 0.717) is 26.3 Å². The summed E-state index contributed by atoms with van der Waals surface area (Å²) >= 11 is 18.0. The van der Waals surface area contributed by atoms with Gasteiger partial charge < -0.3 is 10.1 Å². The van der Waals surface area contributed by atoms with Crippen LogP contribution in [0.4, 0.5) is 0 Å². The molecule has 0 saturated carbocycles. The standard InChI is InChI=1S/C14H17Cl3N2O2/c15-14(16,17)13(19-6-8-21-9-7-19)18-12(20)10-11-4-2-1-3-5-11/h1-5,13H,6-10H2,(H,18,20)/t13-/m0/s1. The van der Waals surface area contributed by atoms with Crippen LogP contribution in [0.1, 0.15) is 5.56 Å². The summed E-state index contributed by atoms with van der Waals surface area (Å²) in [7, 11) is 0. The Labute approximate surface area is 139 Å². The van der Waals surface area contributed by atoms with Gasteiger partial charge in [0.05, 0.1) is 19.6 Å². The molecule has 2 rings (SSSR count). The monoisotopic (exact) mass is 350 g/mol. The normalized spacial score (nSPS) is 18.2. The number of morpholine rings is 1. The van der Waals surface area contributed by atoms with Gasteiger partial charge in [-0.1, -0.05) is 65.1 Å². The Morgan fingerprint density at radius 3 is 2.43 bits per heavy atom. The number of alkyl halides is 3. The maximum absolute atomic E-state index is 12.2. The number of carbonyl (C=O) groups is 1. The lowest BCUT2D eigenvalue weighted by Gasteiger charge is -2.38. The van der Waals surface area contributed by atoms with Crippen molar-refractivity contribution >= 4 is 40.7 Å². The van der Waals surface area contributed by atoms with E-state index in [0.717, 1.165) is 5.56 Å². The summed E-state index contributed by atoms with van der Waals surface area (Å²) in [5, 5.41) is 2.81. The summed E-state index contributed by atoms with van der Waals surface area (Å²) in [5.74, 6) is -0.177. The molecular weight excluding hydrogens is 335 g/mol. The topological polar surface area (TPSA) is 41.6 Å². The zero-order valence-corrected chi connectivity index (χ0v) is 13.7. The van der Waals surface area contributed by atoms with Crippen LogP contribution in [-0.2, 0) is 16.0 Å². The van der Waals surface area contributed by atoms with Crippen molar-refractivity contribution in [3.05, 3.63) is 35.9 Å². The van der Waals surface area contributed by atoms with Gasteiger partial charge in [0.2, 0.25) is 9.70 Å². The number of hydrogen-bond donors (Lipinski definition) is 1. The number of nitrogens with one attached hydrogen (secondary N) is 1. The van der Waals surface area contributed by atoms with Crippen LogP contribution in [0.5, 0.6) is 0 Å². The van der Waals surface area contributed by atoms with Crippen LogP contribution >= 0.6 is 34.8 Å². The Morgan fingerprint density at radius 1 is 1.24 bits per heavy atom. The third-order valence-corrected chi connectivity index (χ3v) is 3.85. The van der Waals surface area contributed by atoms with Crippen LogP contribution in [0.3, 0.4) is 0 Å². The fourth-order valence-electron chi connectivity index (χ4n) is 2.20. The third kappa shape index (κ3) is 5.31. The molecule has 0 aliphatic carbocycles. The van der Waals surface area contributed by atoms with Gasteiger partial charge in [0.1, 0.15) is 6.17 Å². The zero-order chi connectivity index (χ0) is 15.3. The van der Waals surface area contributed by atoms with Crippen LogP contribution in [-0.4, -0.2) is 47.1 Å². The fourth-order valence-corrected chi connectivity index (χ4v) is 2.78. The Morgan fingerprint density at radius 2 is 1.86 bits per heavy atom. The van der Waals surface area contributed by atoms with Crippen LogP contribution in [0.15, 0.2) is 30.3 Å². The summed E-state index contributed by atoms with van der Waals surface area (Å²) in [4.78, 5) is 14.1. The maximum atomic E-state index is 12.2. The molecule has 1 heterocycles. The van der Waals surface area contributed by atoms with E-state index in [-0.39, 0.29) is 12.3 Å². The van der Waals surface area contributed by atoms with E-state index in [9.17, 15) is 4.79 Å². The quantitative estimate of drug-likeness (QED) is 0.847. The highest BCUT2D eigenvalue weighted by atomic mass is 35.6. The van der Waals surface area contributed by atoms with Crippen molar-refractivity contribution in [3.8, 4) is 0 Å². The summed E-state index contributed by atoms with van der Waals surface area (Å²) < 4.78 is 3.69. The summed E-state index contributed by atoms with van der Waals surface area (Å²) in [5.41, 5.74) is 0.917. The summed E-state index contributed by atoms with van der Waals surface area (Å²) in [6, 6.07) is 9.45. The van der Waals surface area contributed by atoms with Crippen molar-refractivity contribution in [2.45, 2.75) is 16.4 Å². The van der Waals surface area contributed by atoms with E-state index in [1.54, 1.807) is 0 Å². The van der Waals surface area contributed by atoms with Gasteiger partial charge in [-0.05, 0) is 5.56 Å². The van der Waals surface area contributed by atoms with Gasteiger partial charge in [-0.25, -0.2) is 0 Å². The lowest BCUT2D eigenvalue weighted by molar-refractivity contribution is -0.123. The number of rotatable bonds is 4. The van der Waals surface area contributed by atoms with Gasteiger partial charge >= 0.3 is 0 Å². The molecule has 0 bridgehead atoms. The molecule has 1 aromatic rings. The summed E-state index contributed by atoms with van der Waals surface area (Å²) in [6.07, 6.45) is -0.412. The van der Waals surface area contributed by atoms with E-state index in [2.05, 4.69) is 5.32 Å². The number of halogens is 3. The van der Waals surface area contributed by atoms with E-state index < -0.39 is 9.96 Å². The molecule has 0 unspecified atom stereocenters. The van der Waals surface area contributed by atoms with Crippen molar-refractivity contribution in [2.24, 2.45) is 0 Å². The molecule has 1 amide bonds. The van der Waals surface area contributed by atoms with Gasteiger partial charge in [-0.3, -0.25) is 9.69 Å². The first kappa shape index (κ1) is 16.8. The second kappa shape index (κ2) is 7.65. The average molecular weight is 352 g/mol. The molecular formula is C14H17Cl3N2O2. The lowest BCUT2D eigenvalue weighted by Crippen LogP contribution is -2.58. The van der Waals surface area contributed by atoms with E-state index in [4.69, 9.17) is 39.5 Å². The van der Waals surface area contributed by atoms with Crippen molar-refractivity contribution < 1.29 is 9.53 Å². The van der Waals surface area contributed by atoms with Crippen molar-refractivity contribution in [1.29, 1.82) is 0 Å². The van der Waals surface area contributed by atoms with Crippen molar-refractivity contribution in [3.63, 3.8) is 0 Å². The zero-order valence-electron chi connectivity index (χ0n) is 11.4. The minimum absolute atomic E-state index is 0.177. The fraction of sp³-hybridized carbons (Fsp3) is 0.500. The average Bonchev–Trinajstić information content (AvgIpc) is 2.45. The number of amides is 1. The van der Waals surface area contributed by atoms with E-state index in [1.807, 2.05) is 35.2 Å². The molecule has 116 valence electrons. The van der Waals surface area contributed by atoms with Crippen LogP contribution in [0, 0.1) is 0 Å². The maximum Gasteiger partial charge on any atom is 0.225 e. The SMILES string of the molecule is O=C(Cc1ccccc1)N[C@@H](N1CCOCC1)C(Cl)(Cl)Cl. The minimum Gasteiger partial charge on any atom is -0.379 e. The molecule has 4 nitrogen and oxygen atoms in total. The second-order valence-electron chi connectivity index (χ2n) is 4.82. The highest BCUT2D eigenvalue weighted by Crippen LogP contribution is 2.32. The molecule has 1 N–H and O–H groups in total. The van der Waals surface area contributed by atoms with Crippen molar-refractivity contribution in [2.75, 3.05) is 26.3 Å². The predicted molar refractivity (Wildman–Crippen MR) is 84.8 cm³/mol. The van der Waals surface area contributed by atoms with Gasteiger partial charge in [-0.15, -0.1) is 0 Å². The molecule has 1 aromatic carbocycles. The van der Waals surface area contributed by atoms with Crippen LogP contribution in [0.2, 0.25) is 0 Å². The molecule has 0 radical (unpaired) electrons. The first-order valence-corrected chi connectivity index (χ1v) is 7.82. The summed E-state index contributed by atoms with van der Waals surface area (Å²) in [6.45, 7) is 2.35. The number of hydrogen-bond acceptors (Lipinski definition) is 3. The van der Waals surface area contributed by atoms with Crippen LogP contribution < -0.4 is 5.32 Å². The van der Waals surface area contributed by atoms with Crippen molar-refractivity contribution in [1.82, 2.24) is 10.2 Å². The number of carbonyl (C=O) groups excluding carboxylic acids is 1. The Hall–Kier alpha value is -0.520. The van der Waals surface area contributed by atoms with Gasteiger partial charge in [0.25, 0.3) is 0 Å². The number of benzene rings is 1. The minimum atomic E-state index is -1.59. The molecule has 1 aliphatic heterocycles. The highest BCUT2D eigenvalue weighted by molar-refractivity contribution is 6.68. The van der Waals surface area contributed by atoms with E-state index >= 15 is 0 Å². The van der Waals surface area contributed by atoms with Crippen LogP contribution in [0.25, 0.3) is 0 Å². The smallest absolute Gasteiger partial charge is 0.225 e. The molecule has 1 fully saturated rings. The molecule has 0 spiro atoms. The second-order valence-corrected chi connectivity index (χ2v) is 7.19. The predicted octanol–water partition coefficient (Wildman–Crippen LogP) is 2.37. The molecule has 1 aliphatic rings. The Balaban J connectivity index is 1.99. The first-order valence-electron chi connectivity index (χ1n) is 6.68. The Bertz CT molecular complexity index is 459. The molecule has 0 aromatic heterocycles. The third-order valence-electron chi connectivity index (χ3n) is 3.23. The largest absolute Gasteiger partial charge is 0.379 e. The van der Waals surface area contributed by atoms with E-state index in [1.165, 1.54) is 0 Å². The molecule has 1 saturated heterocycles. The first-order chi connectivity index (χ1) is 9.97. The molecule has 21 heavy (non-hydrogen) atoms. The van der Waals surface area contributed by atoms with Gasteiger partial charge in [-0.2, -0.15) is 0 Å².